The molecule has 3 rings (SSSR count). The SMILES string of the molecule is CC(C)(C)[C@H](NC(=O)N[C@H](C(=O)N1C[C@H]2[C@@H]([C@H]1C(=O)NC(CCC1CCC1)C(=O)C(N)=O)C2(Cl)Cl)C(C)(C)C)C(=O)O. The number of rotatable bonds is 11. The summed E-state index contributed by atoms with van der Waals surface area (Å²) in [6.07, 6.45) is 3.98. The molecule has 0 radical (unpaired) electrons. The highest BCUT2D eigenvalue weighted by molar-refractivity contribution is 6.51. The Labute approximate surface area is 256 Å². The molecule has 0 bridgehead atoms. The van der Waals surface area contributed by atoms with E-state index < -0.39 is 86.7 Å². The molecule has 14 heteroatoms. The monoisotopic (exact) mass is 631 g/mol. The van der Waals surface area contributed by atoms with E-state index in [4.69, 9.17) is 28.9 Å². The van der Waals surface area contributed by atoms with Gasteiger partial charge in [0.1, 0.15) is 22.5 Å². The van der Waals surface area contributed by atoms with Gasteiger partial charge in [-0.05, 0) is 29.6 Å². The van der Waals surface area contributed by atoms with Crippen molar-refractivity contribution in [2.24, 2.45) is 34.3 Å². The summed E-state index contributed by atoms with van der Waals surface area (Å²) in [7, 11) is 0. The van der Waals surface area contributed by atoms with Gasteiger partial charge >= 0.3 is 12.0 Å². The summed E-state index contributed by atoms with van der Waals surface area (Å²) in [5, 5.41) is 17.3. The molecule has 2 saturated carbocycles. The molecule has 236 valence electrons. The summed E-state index contributed by atoms with van der Waals surface area (Å²) in [5.74, 6) is -5.26. The smallest absolute Gasteiger partial charge is 0.326 e. The van der Waals surface area contributed by atoms with E-state index in [0.717, 1.165) is 19.3 Å². The van der Waals surface area contributed by atoms with E-state index in [0.29, 0.717) is 12.3 Å². The largest absolute Gasteiger partial charge is 0.480 e. The lowest BCUT2D eigenvalue weighted by molar-refractivity contribution is -0.144. The van der Waals surface area contributed by atoms with Crippen molar-refractivity contribution in [3.63, 3.8) is 0 Å². The molecular weight excluding hydrogens is 589 g/mol. The Hall–Kier alpha value is -2.60. The van der Waals surface area contributed by atoms with Crippen LogP contribution in [0.2, 0.25) is 0 Å². The number of hydrogen-bond acceptors (Lipinski definition) is 6. The zero-order valence-corrected chi connectivity index (χ0v) is 26.5. The summed E-state index contributed by atoms with van der Waals surface area (Å²) >= 11 is 12.9. The Morgan fingerprint density at radius 3 is 1.95 bits per heavy atom. The molecule has 12 nitrogen and oxygen atoms in total. The number of carboxylic acid groups (broad SMARTS) is 1. The Balaban J connectivity index is 1.82. The summed E-state index contributed by atoms with van der Waals surface area (Å²) in [5.41, 5.74) is 3.59. The minimum Gasteiger partial charge on any atom is -0.480 e. The first kappa shape index (κ1) is 33.9. The molecule has 1 heterocycles. The number of Topliss-reactive ketones (excluding diaryl/α,β-unsaturated/α-hetero) is 1. The highest BCUT2D eigenvalue weighted by Crippen LogP contribution is 2.65. The van der Waals surface area contributed by atoms with Crippen LogP contribution in [0.5, 0.6) is 0 Å². The number of carbonyl (C=O) groups is 6. The number of fused-ring (bicyclic) bond motifs is 1. The van der Waals surface area contributed by atoms with Crippen molar-refractivity contribution in [1.82, 2.24) is 20.9 Å². The van der Waals surface area contributed by atoms with E-state index in [1.807, 2.05) is 0 Å². The van der Waals surface area contributed by atoms with Crippen molar-refractivity contribution in [1.29, 1.82) is 0 Å². The number of ketones is 1. The zero-order valence-electron chi connectivity index (χ0n) is 25.0. The Kier molecular flexibility index (Phi) is 9.83. The third kappa shape index (κ3) is 7.30. The van der Waals surface area contributed by atoms with E-state index >= 15 is 0 Å². The molecule has 6 atom stereocenters. The number of amides is 5. The average molecular weight is 633 g/mol. The van der Waals surface area contributed by atoms with Crippen LogP contribution in [0, 0.1) is 28.6 Å². The molecule has 3 fully saturated rings. The van der Waals surface area contributed by atoms with Crippen molar-refractivity contribution in [2.75, 3.05) is 6.54 Å². The van der Waals surface area contributed by atoms with E-state index in [2.05, 4.69) is 16.0 Å². The first-order chi connectivity index (χ1) is 19.2. The number of urea groups is 1. The van der Waals surface area contributed by atoms with Gasteiger partial charge in [0.25, 0.3) is 5.91 Å². The van der Waals surface area contributed by atoms with Gasteiger partial charge in [0.2, 0.25) is 17.6 Å². The van der Waals surface area contributed by atoms with E-state index in [9.17, 15) is 33.9 Å². The maximum Gasteiger partial charge on any atom is 0.326 e. The van der Waals surface area contributed by atoms with Gasteiger partial charge < -0.3 is 31.7 Å². The number of nitrogens with zero attached hydrogens (tertiary/aromatic N) is 1. The number of alkyl halides is 2. The van der Waals surface area contributed by atoms with Crippen molar-refractivity contribution in [3.05, 3.63) is 0 Å². The number of carbonyl (C=O) groups excluding carboxylic acids is 5. The standard InChI is InChI=1S/C28H43Cl2N5O7/c1-26(2,3)19(33-25(42)34-20(24(40)41)27(4,5)6)23(39)35-12-14-16(28(14,29)30)17(35)22(38)32-15(18(36)21(31)37)11-10-13-8-7-9-13/h13-17,19-20H,7-12H2,1-6H3,(H2,31,37)(H,32,38)(H,40,41)(H2,33,34,42)/t14-,15?,16-,17-,19+,20+/m0/s1. The number of carboxylic acids is 1. The van der Waals surface area contributed by atoms with Gasteiger partial charge in [-0.25, -0.2) is 9.59 Å². The predicted octanol–water partition coefficient (Wildman–Crippen LogP) is 1.95. The molecular formula is C28H43Cl2N5O7. The average Bonchev–Trinajstić information content (AvgIpc) is 3.14. The minimum absolute atomic E-state index is 0.0285. The first-order valence-electron chi connectivity index (χ1n) is 14.3. The van der Waals surface area contributed by atoms with Gasteiger partial charge in [-0.3, -0.25) is 19.2 Å². The number of primary amides is 1. The van der Waals surface area contributed by atoms with E-state index in [-0.39, 0.29) is 13.0 Å². The molecule has 1 unspecified atom stereocenters. The number of likely N-dealkylation sites (tertiary alicyclic amines) is 1. The van der Waals surface area contributed by atoms with Crippen molar-refractivity contribution in [2.45, 2.75) is 102 Å². The number of halogens is 2. The fraction of sp³-hybridized carbons (Fsp3) is 0.786. The van der Waals surface area contributed by atoms with Crippen molar-refractivity contribution in [3.8, 4) is 0 Å². The summed E-state index contributed by atoms with van der Waals surface area (Å²) in [6, 6.07) is -5.58. The van der Waals surface area contributed by atoms with Crippen LogP contribution in [-0.2, 0) is 24.0 Å². The van der Waals surface area contributed by atoms with E-state index in [1.165, 1.54) is 4.90 Å². The number of nitrogens with two attached hydrogens (primary N) is 1. The van der Waals surface area contributed by atoms with Gasteiger partial charge in [-0.2, -0.15) is 0 Å². The number of piperidine rings is 1. The third-order valence-corrected chi connectivity index (χ3v) is 9.69. The Morgan fingerprint density at radius 2 is 1.50 bits per heavy atom. The van der Waals surface area contributed by atoms with Gasteiger partial charge in [-0.1, -0.05) is 60.8 Å². The second-order valence-corrected chi connectivity index (χ2v) is 15.4. The van der Waals surface area contributed by atoms with Crippen LogP contribution in [-0.4, -0.2) is 80.6 Å². The van der Waals surface area contributed by atoms with Gasteiger partial charge in [0.15, 0.2) is 0 Å². The fourth-order valence-electron chi connectivity index (χ4n) is 5.78. The summed E-state index contributed by atoms with van der Waals surface area (Å²) < 4.78 is -1.27. The fourth-order valence-corrected chi connectivity index (χ4v) is 6.61. The van der Waals surface area contributed by atoms with Crippen LogP contribution in [0.1, 0.15) is 73.6 Å². The number of nitrogens with one attached hydrogen (secondary N) is 3. The zero-order chi connectivity index (χ0) is 31.9. The molecule has 0 spiro atoms. The van der Waals surface area contributed by atoms with Gasteiger partial charge in [-0.15, -0.1) is 23.2 Å². The maximum atomic E-state index is 14.0. The van der Waals surface area contributed by atoms with Gasteiger partial charge in [0, 0.05) is 18.4 Å². The summed E-state index contributed by atoms with van der Waals surface area (Å²) in [6.45, 7) is 10.2. The lowest BCUT2D eigenvalue weighted by atomic mass is 9.81. The molecule has 1 saturated heterocycles. The second kappa shape index (κ2) is 12.2. The minimum atomic E-state index is -1.27. The van der Waals surface area contributed by atoms with Crippen LogP contribution in [0.25, 0.3) is 0 Å². The highest BCUT2D eigenvalue weighted by atomic mass is 35.5. The normalized spacial score (nSPS) is 25.2. The molecule has 5 amide bonds. The van der Waals surface area contributed by atoms with Crippen LogP contribution >= 0.6 is 23.2 Å². The van der Waals surface area contributed by atoms with Crippen LogP contribution in [0.15, 0.2) is 0 Å². The third-order valence-electron chi connectivity index (χ3n) is 8.63. The molecule has 6 N–H and O–H groups in total. The molecule has 0 aromatic heterocycles. The van der Waals surface area contributed by atoms with Crippen molar-refractivity contribution >= 4 is 58.7 Å². The second-order valence-electron chi connectivity index (χ2n) is 14.0. The summed E-state index contributed by atoms with van der Waals surface area (Å²) in [4.78, 5) is 78.0. The van der Waals surface area contributed by atoms with E-state index in [1.54, 1.807) is 41.5 Å². The lowest BCUT2D eigenvalue weighted by Crippen LogP contribution is -2.62. The molecule has 0 aromatic carbocycles. The van der Waals surface area contributed by atoms with Crippen LogP contribution in [0.3, 0.4) is 0 Å². The maximum absolute atomic E-state index is 14.0. The van der Waals surface area contributed by atoms with Crippen molar-refractivity contribution < 1.29 is 33.9 Å². The Morgan fingerprint density at radius 1 is 0.952 bits per heavy atom. The van der Waals surface area contributed by atoms with Crippen LogP contribution < -0.4 is 21.7 Å². The predicted molar refractivity (Wildman–Crippen MR) is 155 cm³/mol. The molecule has 42 heavy (non-hydrogen) atoms. The lowest BCUT2D eigenvalue weighted by Gasteiger charge is -2.38. The van der Waals surface area contributed by atoms with Gasteiger partial charge in [0.05, 0.1) is 6.04 Å². The molecule has 0 aromatic rings. The quantitative estimate of drug-likeness (QED) is 0.170. The first-order valence-corrected chi connectivity index (χ1v) is 15.1. The highest BCUT2D eigenvalue weighted by Gasteiger charge is 2.74. The number of aliphatic carboxylic acids is 1. The topological polar surface area (TPSA) is 188 Å². The molecule has 2 aliphatic carbocycles. The number of hydrogen-bond donors (Lipinski definition) is 5. The molecule has 1 aliphatic heterocycles. The van der Waals surface area contributed by atoms with Crippen LogP contribution in [0.4, 0.5) is 4.79 Å². The Bertz CT molecular complexity index is 1130. The molecule has 3 aliphatic rings.